The van der Waals surface area contributed by atoms with E-state index in [0.29, 0.717) is 25.3 Å². The van der Waals surface area contributed by atoms with Crippen LogP contribution in [0.25, 0.3) is 0 Å². The predicted molar refractivity (Wildman–Crippen MR) is 113 cm³/mol. The Morgan fingerprint density at radius 1 is 1.23 bits per heavy atom. The van der Waals surface area contributed by atoms with Crippen molar-refractivity contribution in [3.8, 4) is 5.75 Å². The van der Waals surface area contributed by atoms with Crippen LogP contribution in [0.4, 0.5) is 0 Å². The topological polar surface area (TPSA) is 93.1 Å². The Morgan fingerprint density at radius 2 is 1.93 bits per heavy atom. The van der Waals surface area contributed by atoms with Crippen LogP contribution in [0.2, 0.25) is 5.02 Å². The number of ether oxygens (including phenoxy) is 2. The highest BCUT2D eigenvalue weighted by Crippen LogP contribution is 2.29. The van der Waals surface area contributed by atoms with Crippen LogP contribution in [0.15, 0.2) is 47.4 Å². The summed E-state index contributed by atoms with van der Waals surface area (Å²) < 4.78 is 38.7. The average Bonchev–Trinajstić information content (AvgIpc) is 2.74. The van der Waals surface area contributed by atoms with Crippen molar-refractivity contribution in [1.82, 2.24) is 4.31 Å². The largest absolute Gasteiger partial charge is 0.496 e. The Morgan fingerprint density at radius 3 is 2.57 bits per heavy atom. The van der Waals surface area contributed by atoms with Crippen LogP contribution >= 0.6 is 11.6 Å². The van der Waals surface area contributed by atoms with E-state index in [1.165, 1.54) is 35.7 Å². The van der Waals surface area contributed by atoms with E-state index in [-0.39, 0.29) is 33.7 Å². The van der Waals surface area contributed by atoms with Gasteiger partial charge < -0.3 is 14.6 Å². The average molecular weight is 454 g/mol. The molecule has 0 bridgehead atoms. The molecule has 1 aliphatic rings. The maximum absolute atomic E-state index is 13.4. The zero-order valence-electron chi connectivity index (χ0n) is 16.6. The molecular weight excluding hydrogens is 430 g/mol. The van der Waals surface area contributed by atoms with Gasteiger partial charge in [0.2, 0.25) is 10.0 Å². The van der Waals surface area contributed by atoms with Crippen LogP contribution in [0.1, 0.15) is 28.8 Å². The number of carbonyl (C=O) groups is 1. The first kappa shape index (κ1) is 22.6. The Kier molecular flexibility index (Phi) is 7.36. The molecule has 0 atom stereocenters. The van der Waals surface area contributed by atoms with Crippen LogP contribution in [-0.2, 0) is 21.3 Å². The van der Waals surface area contributed by atoms with Crippen LogP contribution in [0.5, 0.6) is 5.75 Å². The molecule has 0 radical (unpaired) electrons. The smallest absolute Gasteiger partial charge is 0.339 e. The maximum Gasteiger partial charge on any atom is 0.339 e. The fourth-order valence-corrected chi connectivity index (χ4v) is 5.48. The van der Waals surface area contributed by atoms with E-state index in [9.17, 15) is 18.3 Å². The van der Waals surface area contributed by atoms with Crippen molar-refractivity contribution < 1.29 is 27.8 Å². The number of nitrogens with zero attached hydrogens (tertiary/aromatic N) is 1. The third kappa shape index (κ3) is 5.13. The van der Waals surface area contributed by atoms with E-state index in [2.05, 4.69) is 0 Å². The Balaban J connectivity index is 1.96. The number of aromatic carboxylic acids is 1. The summed E-state index contributed by atoms with van der Waals surface area (Å²) in [7, 11) is -2.51. The van der Waals surface area contributed by atoms with Crippen molar-refractivity contribution in [2.75, 3.05) is 26.9 Å². The van der Waals surface area contributed by atoms with Gasteiger partial charge >= 0.3 is 5.97 Å². The minimum atomic E-state index is -3.90. The quantitative estimate of drug-likeness (QED) is 0.655. The number of halogens is 1. The second-order valence-electron chi connectivity index (χ2n) is 7.12. The number of benzene rings is 2. The van der Waals surface area contributed by atoms with Gasteiger partial charge in [-0.15, -0.1) is 0 Å². The highest BCUT2D eigenvalue weighted by atomic mass is 35.5. The molecule has 3 rings (SSSR count). The van der Waals surface area contributed by atoms with E-state index >= 15 is 0 Å². The van der Waals surface area contributed by atoms with Gasteiger partial charge in [0.15, 0.2) is 0 Å². The number of rotatable bonds is 8. The van der Waals surface area contributed by atoms with Gasteiger partial charge in [0, 0.05) is 26.3 Å². The molecule has 162 valence electrons. The third-order valence-corrected chi connectivity index (χ3v) is 7.42. The lowest BCUT2D eigenvalue weighted by Gasteiger charge is -2.29. The predicted octanol–water partition coefficient (Wildman–Crippen LogP) is 3.66. The summed E-state index contributed by atoms with van der Waals surface area (Å²) in [4.78, 5) is 11.6. The molecule has 0 saturated carbocycles. The first-order chi connectivity index (χ1) is 14.3. The van der Waals surface area contributed by atoms with Crippen LogP contribution in [-0.4, -0.2) is 50.7 Å². The van der Waals surface area contributed by atoms with Crippen LogP contribution in [0, 0.1) is 5.92 Å². The van der Waals surface area contributed by atoms with Gasteiger partial charge in [0.25, 0.3) is 0 Å². The van der Waals surface area contributed by atoms with Crippen LogP contribution in [0.3, 0.4) is 0 Å². The molecule has 0 aromatic heterocycles. The first-order valence-corrected chi connectivity index (χ1v) is 11.4. The summed E-state index contributed by atoms with van der Waals surface area (Å²) in [6, 6.07) is 11.0. The Hall–Kier alpha value is -2.13. The molecule has 0 spiro atoms. The fourth-order valence-electron chi connectivity index (χ4n) is 3.48. The number of sulfonamides is 1. The lowest BCUT2D eigenvalue weighted by atomic mass is 10.0. The Labute approximate surface area is 181 Å². The van der Waals surface area contributed by atoms with E-state index in [1.54, 1.807) is 18.2 Å². The van der Waals surface area contributed by atoms with Crippen molar-refractivity contribution in [2.45, 2.75) is 24.3 Å². The van der Waals surface area contributed by atoms with E-state index in [0.717, 1.165) is 12.8 Å². The highest BCUT2D eigenvalue weighted by molar-refractivity contribution is 7.89. The SMILES string of the molecule is COc1ccc(CN(CC2CCOCC2)S(=O)(=O)c2ccccc2Cl)cc1C(=O)O. The number of hydrogen-bond donors (Lipinski definition) is 1. The number of hydrogen-bond acceptors (Lipinski definition) is 5. The van der Waals surface area contributed by atoms with Gasteiger partial charge in [0.05, 0.1) is 12.1 Å². The second-order valence-corrected chi connectivity index (χ2v) is 9.44. The number of carboxylic acid groups (broad SMARTS) is 1. The van der Waals surface area contributed by atoms with E-state index in [4.69, 9.17) is 21.1 Å². The molecule has 1 fully saturated rings. The summed E-state index contributed by atoms with van der Waals surface area (Å²) in [5.74, 6) is -0.775. The molecule has 1 aliphatic heterocycles. The molecule has 0 unspecified atom stereocenters. The van der Waals surface area contributed by atoms with Gasteiger partial charge in [-0.25, -0.2) is 13.2 Å². The molecule has 0 aliphatic carbocycles. The van der Waals surface area contributed by atoms with Gasteiger partial charge in [-0.3, -0.25) is 0 Å². The molecule has 0 amide bonds. The summed E-state index contributed by atoms with van der Waals surface area (Å²) >= 11 is 6.18. The molecule has 2 aromatic carbocycles. The third-order valence-electron chi connectivity index (χ3n) is 5.11. The van der Waals surface area contributed by atoms with E-state index in [1.807, 2.05) is 0 Å². The summed E-state index contributed by atoms with van der Waals surface area (Å²) in [6.07, 6.45) is 1.52. The molecule has 7 nitrogen and oxygen atoms in total. The monoisotopic (exact) mass is 453 g/mol. The van der Waals surface area contributed by atoms with Gasteiger partial charge in [-0.1, -0.05) is 29.8 Å². The first-order valence-electron chi connectivity index (χ1n) is 9.55. The minimum absolute atomic E-state index is 0.0174. The molecule has 1 saturated heterocycles. The lowest BCUT2D eigenvalue weighted by Crippen LogP contribution is -2.37. The molecule has 30 heavy (non-hydrogen) atoms. The molecule has 1 heterocycles. The molecule has 1 N–H and O–H groups in total. The minimum Gasteiger partial charge on any atom is -0.496 e. The summed E-state index contributed by atoms with van der Waals surface area (Å²) in [6.45, 7) is 1.51. The number of carboxylic acids is 1. The lowest BCUT2D eigenvalue weighted by molar-refractivity contribution is 0.0601. The molecule has 2 aromatic rings. The zero-order chi connectivity index (χ0) is 21.7. The van der Waals surface area contributed by atoms with Gasteiger partial charge in [-0.2, -0.15) is 4.31 Å². The van der Waals surface area contributed by atoms with Gasteiger partial charge in [-0.05, 0) is 48.6 Å². The van der Waals surface area contributed by atoms with Crippen molar-refractivity contribution in [2.24, 2.45) is 5.92 Å². The Bertz CT molecular complexity index is 1000. The van der Waals surface area contributed by atoms with Gasteiger partial charge in [0.1, 0.15) is 16.2 Å². The maximum atomic E-state index is 13.4. The van der Waals surface area contributed by atoms with Crippen LogP contribution < -0.4 is 4.74 Å². The van der Waals surface area contributed by atoms with E-state index < -0.39 is 16.0 Å². The standard InChI is InChI=1S/C21H24ClNO6S/c1-28-19-7-6-16(12-17(19)21(24)25)14-23(13-15-8-10-29-11-9-15)30(26,27)20-5-3-2-4-18(20)22/h2-7,12,15H,8-11,13-14H2,1H3,(H,24,25). The summed E-state index contributed by atoms with van der Waals surface area (Å²) in [5.41, 5.74) is 0.534. The zero-order valence-corrected chi connectivity index (χ0v) is 18.2. The highest BCUT2D eigenvalue weighted by Gasteiger charge is 2.30. The van der Waals surface area contributed by atoms with Crippen molar-refractivity contribution in [3.05, 3.63) is 58.6 Å². The normalized spacial score (nSPS) is 15.3. The van der Waals surface area contributed by atoms with Crippen molar-refractivity contribution in [1.29, 1.82) is 0 Å². The van der Waals surface area contributed by atoms with Crippen molar-refractivity contribution >= 4 is 27.6 Å². The molecule has 9 heteroatoms. The van der Waals surface area contributed by atoms with Crippen molar-refractivity contribution in [3.63, 3.8) is 0 Å². The number of methoxy groups -OCH3 is 1. The second kappa shape index (κ2) is 9.78. The summed E-state index contributed by atoms with van der Waals surface area (Å²) in [5, 5.41) is 9.60. The molecular formula is C21H24ClNO6S. The fraction of sp³-hybridized carbons (Fsp3) is 0.381.